The fourth-order valence-electron chi connectivity index (χ4n) is 3.60. The summed E-state index contributed by atoms with van der Waals surface area (Å²) in [5, 5.41) is 2.82. The first kappa shape index (κ1) is 14.7. The molecule has 3 fully saturated rings. The van der Waals surface area contributed by atoms with Crippen LogP contribution in [0.1, 0.15) is 18.5 Å². The van der Waals surface area contributed by atoms with Gasteiger partial charge >= 0.3 is 6.18 Å². The summed E-state index contributed by atoms with van der Waals surface area (Å²) in [5.41, 5.74) is -1.32. The fourth-order valence-corrected chi connectivity index (χ4v) is 3.60. The Labute approximate surface area is 130 Å². The molecule has 6 nitrogen and oxygen atoms in total. The van der Waals surface area contributed by atoms with Crippen molar-refractivity contribution in [3.63, 3.8) is 0 Å². The molecule has 4 aliphatic heterocycles. The number of aromatic nitrogens is 2. The predicted molar refractivity (Wildman–Crippen MR) is 75.9 cm³/mol. The largest absolute Gasteiger partial charge is 0.455 e. The number of fused-ring (bicyclic) bond motifs is 2. The number of hydrogen-bond donors (Lipinski definition) is 1. The Morgan fingerprint density at radius 1 is 1.22 bits per heavy atom. The van der Waals surface area contributed by atoms with Crippen molar-refractivity contribution in [2.24, 2.45) is 10.9 Å². The second-order valence-corrected chi connectivity index (χ2v) is 6.25. The second-order valence-electron chi connectivity index (χ2n) is 6.25. The Morgan fingerprint density at radius 2 is 2.00 bits per heavy atom. The van der Waals surface area contributed by atoms with Gasteiger partial charge < -0.3 is 4.74 Å². The summed E-state index contributed by atoms with van der Waals surface area (Å²) >= 11 is 0. The number of piperidine rings is 3. The molecule has 1 N–H and O–H groups in total. The number of hydrogen-bond acceptors (Lipinski definition) is 6. The normalized spacial score (nSPS) is 32.7. The van der Waals surface area contributed by atoms with Gasteiger partial charge in [0.15, 0.2) is 11.5 Å². The smallest absolute Gasteiger partial charge is 0.434 e. The molecule has 2 bridgehead atoms. The average Bonchev–Trinajstić information content (AvgIpc) is 2.90. The van der Waals surface area contributed by atoms with Crippen molar-refractivity contribution in [1.82, 2.24) is 14.9 Å². The molecule has 1 atom stereocenters. The van der Waals surface area contributed by atoms with E-state index in [2.05, 4.69) is 25.2 Å². The summed E-state index contributed by atoms with van der Waals surface area (Å²) in [4.78, 5) is 13.8. The van der Waals surface area contributed by atoms with Gasteiger partial charge in [-0.15, -0.1) is 0 Å². The van der Waals surface area contributed by atoms with E-state index in [4.69, 9.17) is 4.74 Å². The van der Waals surface area contributed by atoms with Crippen LogP contribution in [0.2, 0.25) is 0 Å². The van der Waals surface area contributed by atoms with Crippen molar-refractivity contribution in [2.75, 3.05) is 31.5 Å². The molecule has 5 heterocycles. The van der Waals surface area contributed by atoms with Crippen LogP contribution in [0.5, 0.6) is 0 Å². The maximum atomic E-state index is 12.5. The first-order valence-electron chi connectivity index (χ1n) is 7.57. The van der Waals surface area contributed by atoms with Crippen LogP contribution < -0.4 is 5.32 Å². The molecule has 1 aromatic heterocycles. The third kappa shape index (κ3) is 2.62. The zero-order valence-corrected chi connectivity index (χ0v) is 12.3. The molecule has 0 radical (unpaired) electrons. The van der Waals surface area contributed by atoms with E-state index in [9.17, 15) is 13.2 Å². The highest BCUT2D eigenvalue weighted by atomic mass is 19.4. The molecule has 124 valence electrons. The fraction of sp³-hybridized carbons (Fsp3) is 0.643. The van der Waals surface area contributed by atoms with Crippen molar-refractivity contribution < 1.29 is 17.9 Å². The van der Waals surface area contributed by atoms with Crippen molar-refractivity contribution in [1.29, 1.82) is 0 Å². The van der Waals surface area contributed by atoms with Crippen LogP contribution in [0.3, 0.4) is 0 Å². The zero-order chi connectivity index (χ0) is 16.1. The van der Waals surface area contributed by atoms with Gasteiger partial charge in [-0.25, -0.2) is 15.0 Å². The van der Waals surface area contributed by atoms with Gasteiger partial charge in [0.1, 0.15) is 5.60 Å². The van der Waals surface area contributed by atoms with Gasteiger partial charge in [0, 0.05) is 12.5 Å². The van der Waals surface area contributed by atoms with Gasteiger partial charge in [0.05, 0.1) is 18.9 Å². The molecule has 1 spiro atoms. The van der Waals surface area contributed by atoms with Crippen LogP contribution in [-0.4, -0.2) is 52.7 Å². The molecule has 23 heavy (non-hydrogen) atoms. The summed E-state index contributed by atoms with van der Waals surface area (Å²) in [6, 6.07) is 0.313. The molecule has 4 aliphatic rings. The summed E-state index contributed by atoms with van der Waals surface area (Å²) in [6.45, 7) is 3.63. The van der Waals surface area contributed by atoms with E-state index in [-0.39, 0.29) is 11.4 Å². The predicted octanol–water partition coefficient (Wildman–Crippen LogP) is 1.76. The van der Waals surface area contributed by atoms with Gasteiger partial charge in [-0.2, -0.15) is 13.2 Å². The minimum absolute atomic E-state index is 0.190. The number of alkyl halides is 3. The quantitative estimate of drug-likeness (QED) is 0.851. The van der Waals surface area contributed by atoms with E-state index in [0.29, 0.717) is 24.7 Å². The summed E-state index contributed by atoms with van der Waals surface area (Å²) in [6.07, 6.45) is -0.559. The summed E-state index contributed by atoms with van der Waals surface area (Å²) in [5.74, 6) is 0.671. The maximum absolute atomic E-state index is 12.5. The lowest BCUT2D eigenvalue weighted by Gasteiger charge is -2.50. The lowest BCUT2D eigenvalue weighted by molar-refractivity contribution is -0.141. The highest BCUT2D eigenvalue weighted by molar-refractivity contribution is 5.89. The summed E-state index contributed by atoms with van der Waals surface area (Å²) in [7, 11) is 0. The first-order chi connectivity index (χ1) is 10.9. The van der Waals surface area contributed by atoms with E-state index in [1.807, 2.05) is 0 Å². The van der Waals surface area contributed by atoms with Gasteiger partial charge in [-0.1, -0.05) is 0 Å². The highest BCUT2D eigenvalue weighted by Crippen LogP contribution is 2.40. The monoisotopic (exact) mass is 327 g/mol. The van der Waals surface area contributed by atoms with Crippen LogP contribution in [0, 0.1) is 5.92 Å². The topological polar surface area (TPSA) is 62.6 Å². The minimum Gasteiger partial charge on any atom is -0.455 e. The minimum atomic E-state index is -4.49. The number of halogens is 3. The molecule has 5 rings (SSSR count). The van der Waals surface area contributed by atoms with E-state index >= 15 is 0 Å². The van der Waals surface area contributed by atoms with Crippen LogP contribution in [0.25, 0.3) is 0 Å². The van der Waals surface area contributed by atoms with E-state index in [1.54, 1.807) is 0 Å². The lowest BCUT2D eigenvalue weighted by atomic mass is 9.75. The Kier molecular flexibility index (Phi) is 3.22. The number of aliphatic imine (C=N–C) groups is 1. The number of nitrogens with zero attached hydrogens (tertiary/aromatic N) is 4. The van der Waals surface area contributed by atoms with Crippen molar-refractivity contribution in [3.8, 4) is 0 Å². The molecule has 0 amide bonds. The maximum Gasteiger partial charge on any atom is 0.434 e. The molecule has 0 aliphatic carbocycles. The lowest BCUT2D eigenvalue weighted by Crippen LogP contribution is -2.61. The number of ether oxygens (including phenoxy) is 1. The number of rotatable bonds is 1. The molecule has 0 aromatic carbocycles. The Morgan fingerprint density at radius 3 is 2.57 bits per heavy atom. The SMILES string of the molecule is FC(F)(F)c1cnc(NC2=NC[C@@]3(CN4CCC3CC4)O2)cn1. The second kappa shape index (κ2) is 5.05. The Bertz CT molecular complexity index is 624. The molecule has 9 heteroatoms. The molecule has 3 saturated heterocycles. The van der Waals surface area contributed by atoms with Gasteiger partial charge in [0.2, 0.25) is 0 Å². The first-order valence-corrected chi connectivity index (χ1v) is 7.57. The number of amidine groups is 1. The number of anilines is 1. The van der Waals surface area contributed by atoms with Crippen molar-refractivity contribution in [2.45, 2.75) is 24.6 Å². The molecular weight excluding hydrogens is 311 g/mol. The van der Waals surface area contributed by atoms with E-state index in [1.165, 1.54) is 0 Å². The van der Waals surface area contributed by atoms with Crippen LogP contribution in [0.4, 0.5) is 19.0 Å². The third-order valence-corrected chi connectivity index (χ3v) is 4.79. The van der Waals surface area contributed by atoms with Crippen molar-refractivity contribution in [3.05, 3.63) is 18.1 Å². The third-order valence-electron chi connectivity index (χ3n) is 4.79. The standard InChI is InChI=1S/C14H16F3N5O/c15-14(16,17)10-5-19-11(6-18-10)21-12-20-7-13(23-12)8-22-3-1-9(13)2-4-22/h5-6,9H,1-4,7-8H2,(H,19,20,21)/t13-/m0/s1. The molecule has 1 aromatic rings. The number of nitrogens with one attached hydrogen (secondary N) is 1. The molecular formula is C14H16F3N5O. The zero-order valence-electron chi connectivity index (χ0n) is 12.3. The highest BCUT2D eigenvalue weighted by Gasteiger charge is 2.51. The summed E-state index contributed by atoms with van der Waals surface area (Å²) < 4.78 is 43.5. The Hall–Kier alpha value is -1.90. The van der Waals surface area contributed by atoms with Gasteiger partial charge in [0.25, 0.3) is 6.02 Å². The Balaban J connectivity index is 1.43. The van der Waals surface area contributed by atoms with E-state index in [0.717, 1.165) is 38.7 Å². The average molecular weight is 327 g/mol. The van der Waals surface area contributed by atoms with Crippen LogP contribution in [0.15, 0.2) is 17.4 Å². The van der Waals surface area contributed by atoms with Crippen molar-refractivity contribution >= 4 is 11.8 Å². The van der Waals surface area contributed by atoms with Gasteiger partial charge in [-0.05, 0) is 25.9 Å². The molecule has 0 saturated carbocycles. The van der Waals surface area contributed by atoms with Gasteiger partial charge in [-0.3, -0.25) is 10.2 Å². The van der Waals surface area contributed by atoms with Crippen LogP contribution >= 0.6 is 0 Å². The van der Waals surface area contributed by atoms with Crippen LogP contribution in [-0.2, 0) is 10.9 Å². The molecule has 0 unspecified atom stereocenters. The van der Waals surface area contributed by atoms with E-state index < -0.39 is 11.9 Å².